The van der Waals surface area contributed by atoms with Crippen molar-refractivity contribution in [3.05, 3.63) is 98.6 Å². The molecule has 188 valence electrons. The van der Waals surface area contributed by atoms with Crippen molar-refractivity contribution in [3.8, 4) is 11.5 Å². The number of hydrogen-bond acceptors (Lipinski definition) is 6. The number of non-ortho nitro benzene ring substituents is 1. The SMILES string of the molecule is O=C1NC(=S)N(c2ccc(Cl)cc2)C(=O)/C1=C/c1cc([N+](=O)[O-])ccc1Oc1ccc(C(F)(F)F)cc1. The molecule has 1 fully saturated rings. The predicted molar refractivity (Wildman–Crippen MR) is 132 cm³/mol. The Kier molecular flexibility index (Phi) is 6.96. The highest BCUT2D eigenvalue weighted by Crippen LogP contribution is 2.34. The predicted octanol–water partition coefficient (Wildman–Crippen LogP) is 5.89. The van der Waals surface area contributed by atoms with E-state index in [2.05, 4.69) is 5.32 Å². The van der Waals surface area contributed by atoms with Gasteiger partial charge in [-0.2, -0.15) is 13.2 Å². The van der Waals surface area contributed by atoms with Gasteiger partial charge in [-0.1, -0.05) is 11.6 Å². The number of thiocarbonyl (C=S) groups is 1. The zero-order valence-electron chi connectivity index (χ0n) is 18.3. The van der Waals surface area contributed by atoms with Gasteiger partial charge in [-0.3, -0.25) is 29.9 Å². The Hall–Kier alpha value is -4.29. The summed E-state index contributed by atoms with van der Waals surface area (Å²) in [6.07, 6.45) is -3.47. The molecular formula is C24H13ClF3N3O5S. The molecule has 3 aromatic rings. The smallest absolute Gasteiger partial charge is 0.416 e. The molecule has 37 heavy (non-hydrogen) atoms. The van der Waals surface area contributed by atoms with E-state index in [4.69, 9.17) is 28.6 Å². The number of nitro groups is 1. The van der Waals surface area contributed by atoms with E-state index in [-0.39, 0.29) is 27.9 Å². The molecule has 1 aliphatic rings. The van der Waals surface area contributed by atoms with Gasteiger partial charge in [-0.25, -0.2) is 0 Å². The lowest BCUT2D eigenvalue weighted by atomic mass is 10.1. The van der Waals surface area contributed by atoms with Gasteiger partial charge in [0.05, 0.1) is 16.2 Å². The van der Waals surface area contributed by atoms with E-state index in [0.717, 1.165) is 47.4 Å². The molecule has 4 rings (SSSR count). The Morgan fingerprint density at radius 1 is 1.03 bits per heavy atom. The van der Waals surface area contributed by atoms with Crippen molar-refractivity contribution < 1.29 is 32.4 Å². The van der Waals surface area contributed by atoms with Gasteiger partial charge in [-0.05, 0) is 72.9 Å². The molecule has 0 aliphatic carbocycles. The zero-order chi connectivity index (χ0) is 26.9. The van der Waals surface area contributed by atoms with E-state index in [1.165, 1.54) is 30.3 Å². The number of carbonyl (C=O) groups is 2. The van der Waals surface area contributed by atoms with Gasteiger partial charge in [0, 0.05) is 22.7 Å². The molecule has 0 saturated carbocycles. The summed E-state index contributed by atoms with van der Waals surface area (Å²) in [5.41, 5.74) is -1.42. The minimum absolute atomic E-state index is 0.00936. The maximum absolute atomic E-state index is 13.3. The molecule has 1 saturated heterocycles. The average Bonchev–Trinajstić information content (AvgIpc) is 2.83. The molecule has 3 aromatic carbocycles. The average molecular weight is 548 g/mol. The van der Waals surface area contributed by atoms with E-state index >= 15 is 0 Å². The van der Waals surface area contributed by atoms with Crippen molar-refractivity contribution in [3.63, 3.8) is 0 Å². The number of amides is 2. The maximum atomic E-state index is 13.3. The van der Waals surface area contributed by atoms with Crippen LogP contribution in [0.25, 0.3) is 6.08 Å². The van der Waals surface area contributed by atoms with Crippen molar-refractivity contribution >= 4 is 58.2 Å². The van der Waals surface area contributed by atoms with Crippen LogP contribution in [0.2, 0.25) is 5.02 Å². The molecular weight excluding hydrogens is 535 g/mol. The molecule has 8 nitrogen and oxygen atoms in total. The lowest BCUT2D eigenvalue weighted by molar-refractivity contribution is -0.384. The van der Waals surface area contributed by atoms with Crippen LogP contribution in [0.1, 0.15) is 11.1 Å². The highest BCUT2D eigenvalue weighted by molar-refractivity contribution is 7.80. The molecule has 0 unspecified atom stereocenters. The number of hydrogen-bond donors (Lipinski definition) is 1. The molecule has 1 aliphatic heterocycles. The summed E-state index contributed by atoms with van der Waals surface area (Å²) in [5, 5.41) is 13.9. The number of nitrogens with one attached hydrogen (secondary N) is 1. The van der Waals surface area contributed by atoms with Crippen LogP contribution < -0.4 is 15.0 Å². The van der Waals surface area contributed by atoms with Crippen LogP contribution in [0.15, 0.2) is 72.3 Å². The van der Waals surface area contributed by atoms with Crippen molar-refractivity contribution in [1.29, 1.82) is 0 Å². The topological polar surface area (TPSA) is 102 Å². The van der Waals surface area contributed by atoms with Gasteiger partial charge < -0.3 is 4.74 Å². The number of halogens is 4. The lowest BCUT2D eigenvalue weighted by Gasteiger charge is -2.29. The highest BCUT2D eigenvalue weighted by atomic mass is 35.5. The monoisotopic (exact) mass is 547 g/mol. The van der Waals surface area contributed by atoms with Gasteiger partial charge in [-0.15, -0.1) is 0 Å². The molecule has 2 amide bonds. The van der Waals surface area contributed by atoms with Gasteiger partial charge in [0.25, 0.3) is 17.5 Å². The summed E-state index contributed by atoms with van der Waals surface area (Å²) in [7, 11) is 0. The second kappa shape index (κ2) is 9.99. The van der Waals surface area contributed by atoms with E-state index in [9.17, 15) is 32.9 Å². The summed E-state index contributed by atoms with van der Waals surface area (Å²) < 4.78 is 44.2. The van der Waals surface area contributed by atoms with Crippen molar-refractivity contribution in [2.45, 2.75) is 6.18 Å². The van der Waals surface area contributed by atoms with Crippen LogP contribution >= 0.6 is 23.8 Å². The van der Waals surface area contributed by atoms with E-state index < -0.39 is 34.1 Å². The second-order valence-corrected chi connectivity index (χ2v) is 8.36. The molecule has 0 spiro atoms. The van der Waals surface area contributed by atoms with Crippen molar-refractivity contribution in [2.24, 2.45) is 0 Å². The van der Waals surface area contributed by atoms with Crippen LogP contribution in [0.3, 0.4) is 0 Å². The number of carbonyl (C=O) groups excluding carboxylic acids is 2. The molecule has 0 aromatic heterocycles. The third kappa shape index (κ3) is 5.60. The molecule has 0 bridgehead atoms. The van der Waals surface area contributed by atoms with Crippen molar-refractivity contribution in [2.75, 3.05) is 4.90 Å². The van der Waals surface area contributed by atoms with Crippen LogP contribution in [0, 0.1) is 10.1 Å². The third-order valence-electron chi connectivity index (χ3n) is 5.10. The minimum atomic E-state index is -4.55. The van der Waals surface area contributed by atoms with Crippen LogP contribution in [-0.4, -0.2) is 21.9 Å². The number of nitrogens with zero attached hydrogens (tertiary/aromatic N) is 2. The van der Waals surface area contributed by atoms with Gasteiger partial charge in [0.2, 0.25) is 0 Å². The first-order chi connectivity index (χ1) is 17.4. The first-order valence-electron chi connectivity index (χ1n) is 10.2. The summed E-state index contributed by atoms with van der Waals surface area (Å²) in [4.78, 5) is 37.6. The van der Waals surface area contributed by atoms with E-state index in [0.29, 0.717) is 10.7 Å². The van der Waals surface area contributed by atoms with Crippen LogP contribution in [0.4, 0.5) is 24.5 Å². The fourth-order valence-electron chi connectivity index (χ4n) is 3.33. The largest absolute Gasteiger partial charge is 0.457 e. The Morgan fingerprint density at radius 2 is 1.68 bits per heavy atom. The Labute approximate surface area is 217 Å². The number of alkyl halides is 3. The molecule has 1 N–H and O–H groups in total. The Bertz CT molecular complexity index is 1460. The van der Waals surface area contributed by atoms with E-state index in [1.807, 2.05) is 0 Å². The number of rotatable bonds is 5. The quantitative estimate of drug-likeness (QED) is 0.140. The normalized spacial score (nSPS) is 15.1. The van der Waals surface area contributed by atoms with Gasteiger partial charge in [0.1, 0.15) is 17.1 Å². The molecule has 0 atom stereocenters. The van der Waals surface area contributed by atoms with E-state index in [1.54, 1.807) is 0 Å². The van der Waals surface area contributed by atoms with Crippen LogP contribution in [-0.2, 0) is 15.8 Å². The number of anilines is 1. The minimum Gasteiger partial charge on any atom is -0.457 e. The first kappa shape index (κ1) is 25.8. The molecule has 0 radical (unpaired) electrons. The summed E-state index contributed by atoms with van der Waals surface area (Å²) >= 11 is 11.0. The number of ether oxygens (including phenoxy) is 1. The fraction of sp³-hybridized carbons (Fsp3) is 0.0417. The van der Waals surface area contributed by atoms with Crippen LogP contribution in [0.5, 0.6) is 11.5 Å². The summed E-state index contributed by atoms with van der Waals surface area (Å²) in [5.74, 6) is -1.73. The van der Waals surface area contributed by atoms with Gasteiger partial charge >= 0.3 is 6.18 Å². The number of benzene rings is 3. The summed E-state index contributed by atoms with van der Waals surface area (Å²) in [6, 6.07) is 13.2. The standard InChI is InChI=1S/C24H13ClF3N3O5S/c25-15-3-5-16(6-4-15)30-22(33)19(21(32)29-23(30)37)12-13-11-17(31(34)35)7-10-20(13)36-18-8-1-14(2-9-18)24(26,27)28/h1-12H,(H,29,32,37)/b19-12+. The zero-order valence-corrected chi connectivity index (χ0v) is 19.9. The molecule has 13 heteroatoms. The Balaban J connectivity index is 1.74. The highest BCUT2D eigenvalue weighted by Gasteiger charge is 2.35. The van der Waals surface area contributed by atoms with Gasteiger partial charge in [0.15, 0.2) is 5.11 Å². The second-order valence-electron chi connectivity index (χ2n) is 7.54. The first-order valence-corrected chi connectivity index (χ1v) is 11.0. The fourth-order valence-corrected chi connectivity index (χ4v) is 3.74. The maximum Gasteiger partial charge on any atom is 0.416 e. The number of nitro benzene ring substituents is 1. The summed E-state index contributed by atoms with van der Waals surface area (Å²) in [6.45, 7) is 0. The molecule has 1 heterocycles. The lowest BCUT2D eigenvalue weighted by Crippen LogP contribution is -2.54. The third-order valence-corrected chi connectivity index (χ3v) is 5.64. The van der Waals surface area contributed by atoms with Crippen molar-refractivity contribution in [1.82, 2.24) is 5.32 Å². The Morgan fingerprint density at radius 3 is 2.27 bits per heavy atom.